The Morgan fingerprint density at radius 2 is 2.04 bits per heavy atom. The summed E-state index contributed by atoms with van der Waals surface area (Å²) in [6, 6.07) is 5.10. The van der Waals surface area contributed by atoms with Gasteiger partial charge in [-0.3, -0.25) is 4.90 Å². The third-order valence-electron chi connectivity index (χ3n) is 3.79. The second-order valence-electron chi connectivity index (χ2n) is 5.57. The number of nitrogens with zero attached hydrogens (tertiary/aromatic N) is 1. The number of alkyl halides is 3. The number of ether oxygens (including phenoxy) is 2. The molecule has 1 aliphatic rings. The predicted molar refractivity (Wildman–Crippen MR) is 79.7 cm³/mol. The molecule has 1 N–H and O–H groups in total. The zero-order valence-electron chi connectivity index (χ0n) is 13.1. The van der Waals surface area contributed by atoms with Crippen molar-refractivity contribution in [3.63, 3.8) is 0 Å². The Hall–Kier alpha value is -1.47. The van der Waals surface area contributed by atoms with E-state index in [4.69, 9.17) is 9.47 Å². The summed E-state index contributed by atoms with van der Waals surface area (Å²) in [6.07, 6.45) is -2.38. The molecular weight excluding hydrogens is 311 g/mol. The van der Waals surface area contributed by atoms with Crippen molar-refractivity contribution in [2.45, 2.75) is 38.5 Å². The van der Waals surface area contributed by atoms with Gasteiger partial charge in [-0.1, -0.05) is 6.07 Å². The summed E-state index contributed by atoms with van der Waals surface area (Å²) in [5.41, 5.74) is 0.924. The standard InChI is InChI=1S/C16H22F3NO3/c1-2-22-15-8-12(9-20-7-3-4-13(20)10-21)5-6-14(15)23-11-16(17,18)19/h5-6,8,13,21H,2-4,7,9-11H2,1H3/t13-/m0/s1. The summed E-state index contributed by atoms with van der Waals surface area (Å²) < 4.78 is 47.1. The van der Waals surface area contributed by atoms with Crippen LogP contribution in [-0.4, -0.2) is 48.6 Å². The van der Waals surface area contributed by atoms with E-state index in [1.54, 1.807) is 19.1 Å². The number of aliphatic hydroxyl groups excluding tert-OH is 1. The van der Waals surface area contributed by atoms with Gasteiger partial charge < -0.3 is 14.6 Å². The Balaban J connectivity index is 2.08. The third kappa shape index (κ3) is 5.28. The van der Waals surface area contributed by atoms with Gasteiger partial charge in [0, 0.05) is 12.6 Å². The number of likely N-dealkylation sites (tertiary alicyclic amines) is 1. The molecule has 1 heterocycles. The number of hydrogen-bond donors (Lipinski definition) is 1. The number of halogens is 3. The van der Waals surface area contributed by atoms with Crippen LogP contribution in [0.25, 0.3) is 0 Å². The highest BCUT2D eigenvalue weighted by Crippen LogP contribution is 2.31. The van der Waals surface area contributed by atoms with Gasteiger partial charge in [-0.25, -0.2) is 0 Å². The second-order valence-corrected chi connectivity index (χ2v) is 5.57. The average molecular weight is 333 g/mol. The van der Waals surface area contributed by atoms with E-state index in [1.807, 2.05) is 0 Å². The van der Waals surface area contributed by atoms with Gasteiger partial charge in [-0.05, 0) is 44.0 Å². The van der Waals surface area contributed by atoms with E-state index in [1.165, 1.54) is 6.07 Å². The van der Waals surface area contributed by atoms with E-state index < -0.39 is 12.8 Å². The van der Waals surface area contributed by atoms with Gasteiger partial charge in [0.15, 0.2) is 18.1 Å². The molecule has 0 saturated carbocycles. The lowest BCUT2D eigenvalue weighted by molar-refractivity contribution is -0.153. The zero-order valence-corrected chi connectivity index (χ0v) is 13.1. The highest BCUT2D eigenvalue weighted by molar-refractivity contribution is 5.43. The van der Waals surface area contributed by atoms with Crippen LogP contribution in [0.1, 0.15) is 25.3 Å². The monoisotopic (exact) mass is 333 g/mol. The van der Waals surface area contributed by atoms with E-state index in [2.05, 4.69) is 4.90 Å². The molecule has 0 aliphatic carbocycles. The first-order valence-corrected chi connectivity index (χ1v) is 7.73. The van der Waals surface area contributed by atoms with Gasteiger partial charge in [-0.15, -0.1) is 0 Å². The fraction of sp³-hybridized carbons (Fsp3) is 0.625. The lowest BCUT2D eigenvalue weighted by atomic mass is 10.1. The molecule has 2 rings (SSSR count). The lowest BCUT2D eigenvalue weighted by Crippen LogP contribution is -2.31. The van der Waals surface area contributed by atoms with Crippen molar-refractivity contribution in [3.05, 3.63) is 23.8 Å². The Morgan fingerprint density at radius 1 is 1.26 bits per heavy atom. The van der Waals surface area contributed by atoms with E-state index >= 15 is 0 Å². The Morgan fingerprint density at radius 3 is 2.70 bits per heavy atom. The summed E-state index contributed by atoms with van der Waals surface area (Å²) in [5, 5.41) is 9.35. The molecule has 23 heavy (non-hydrogen) atoms. The Bertz CT molecular complexity index is 508. The molecule has 4 nitrogen and oxygen atoms in total. The normalized spacial score (nSPS) is 19.1. The van der Waals surface area contributed by atoms with Gasteiger partial charge in [0.2, 0.25) is 0 Å². The first-order valence-electron chi connectivity index (χ1n) is 7.73. The molecule has 0 unspecified atom stereocenters. The van der Waals surface area contributed by atoms with Crippen LogP contribution < -0.4 is 9.47 Å². The summed E-state index contributed by atoms with van der Waals surface area (Å²) in [4.78, 5) is 2.17. The van der Waals surface area contributed by atoms with Gasteiger partial charge in [0.1, 0.15) is 0 Å². The molecule has 1 saturated heterocycles. The molecule has 130 valence electrons. The van der Waals surface area contributed by atoms with Crippen LogP contribution in [0, 0.1) is 0 Å². The number of rotatable bonds is 7. The van der Waals surface area contributed by atoms with Crippen molar-refractivity contribution in [1.82, 2.24) is 4.90 Å². The smallest absolute Gasteiger partial charge is 0.422 e. The van der Waals surface area contributed by atoms with Crippen molar-refractivity contribution >= 4 is 0 Å². The zero-order chi connectivity index (χ0) is 16.9. The second kappa shape index (κ2) is 7.88. The fourth-order valence-corrected chi connectivity index (χ4v) is 2.74. The summed E-state index contributed by atoms with van der Waals surface area (Å²) >= 11 is 0. The van der Waals surface area contributed by atoms with Crippen molar-refractivity contribution in [1.29, 1.82) is 0 Å². The van der Waals surface area contributed by atoms with E-state index in [0.717, 1.165) is 24.9 Å². The molecule has 7 heteroatoms. The molecule has 1 aromatic carbocycles. The number of hydrogen-bond acceptors (Lipinski definition) is 4. The predicted octanol–water partition coefficient (Wildman–Crippen LogP) is 2.98. The van der Waals surface area contributed by atoms with Crippen LogP contribution in [0.15, 0.2) is 18.2 Å². The highest BCUT2D eigenvalue weighted by Gasteiger charge is 2.29. The maximum Gasteiger partial charge on any atom is 0.422 e. The summed E-state index contributed by atoms with van der Waals surface area (Å²) in [6.45, 7) is 2.42. The van der Waals surface area contributed by atoms with Crippen molar-refractivity contribution in [2.75, 3.05) is 26.4 Å². The molecule has 0 spiro atoms. The van der Waals surface area contributed by atoms with Gasteiger partial charge in [0.25, 0.3) is 0 Å². The minimum Gasteiger partial charge on any atom is -0.490 e. The molecule has 1 aromatic rings. The average Bonchev–Trinajstić information content (AvgIpc) is 2.93. The summed E-state index contributed by atoms with van der Waals surface area (Å²) in [5.74, 6) is 0.405. The SMILES string of the molecule is CCOc1cc(CN2CCC[C@H]2CO)ccc1OCC(F)(F)F. The van der Waals surface area contributed by atoms with Crippen LogP contribution in [0.2, 0.25) is 0 Å². The van der Waals surface area contributed by atoms with E-state index in [9.17, 15) is 18.3 Å². The molecule has 0 radical (unpaired) electrons. The van der Waals surface area contributed by atoms with Gasteiger partial charge in [0.05, 0.1) is 13.2 Å². The summed E-state index contributed by atoms with van der Waals surface area (Å²) in [7, 11) is 0. The van der Waals surface area contributed by atoms with Crippen LogP contribution in [0.3, 0.4) is 0 Å². The molecule has 0 bridgehead atoms. The molecule has 1 fully saturated rings. The molecular formula is C16H22F3NO3. The van der Waals surface area contributed by atoms with E-state index in [0.29, 0.717) is 18.9 Å². The first kappa shape index (κ1) is 17.9. The Labute approximate surface area is 133 Å². The van der Waals surface area contributed by atoms with Crippen LogP contribution in [0.5, 0.6) is 11.5 Å². The molecule has 1 aliphatic heterocycles. The molecule has 0 amide bonds. The maximum absolute atomic E-state index is 12.3. The topological polar surface area (TPSA) is 41.9 Å². The Kier molecular flexibility index (Phi) is 6.12. The van der Waals surface area contributed by atoms with Crippen molar-refractivity contribution < 1.29 is 27.8 Å². The quantitative estimate of drug-likeness (QED) is 0.833. The highest BCUT2D eigenvalue weighted by atomic mass is 19.4. The maximum atomic E-state index is 12.3. The van der Waals surface area contributed by atoms with Crippen molar-refractivity contribution in [3.8, 4) is 11.5 Å². The lowest BCUT2D eigenvalue weighted by Gasteiger charge is -2.23. The van der Waals surface area contributed by atoms with Gasteiger partial charge >= 0.3 is 6.18 Å². The van der Waals surface area contributed by atoms with Crippen LogP contribution in [0.4, 0.5) is 13.2 Å². The van der Waals surface area contributed by atoms with Crippen LogP contribution >= 0.6 is 0 Å². The molecule has 1 atom stereocenters. The number of aliphatic hydroxyl groups is 1. The first-order chi connectivity index (χ1) is 10.9. The molecule has 0 aromatic heterocycles. The van der Waals surface area contributed by atoms with Gasteiger partial charge in [-0.2, -0.15) is 13.2 Å². The van der Waals surface area contributed by atoms with Crippen molar-refractivity contribution in [2.24, 2.45) is 0 Å². The van der Waals surface area contributed by atoms with E-state index in [-0.39, 0.29) is 18.4 Å². The third-order valence-corrected chi connectivity index (χ3v) is 3.79. The fourth-order valence-electron chi connectivity index (χ4n) is 2.74. The van der Waals surface area contributed by atoms with Crippen LogP contribution in [-0.2, 0) is 6.54 Å². The largest absolute Gasteiger partial charge is 0.490 e. The number of benzene rings is 1. The minimum absolute atomic E-state index is 0.0908. The minimum atomic E-state index is -4.38.